The maximum absolute atomic E-state index is 2.44. The third kappa shape index (κ3) is 13.9. The van der Waals surface area contributed by atoms with Gasteiger partial charge in [0.25, 0.3) is 0 Å². The van der Waals surface area contributed by atoms with Crippen LogP contribution in [0, 0.1) is 0 Å². The van der Waals surface area contributed by atoms with E-state index >= 15 is 0 Å². The van der Waals surface area contributed by atoms with Gasteiger partial charge in [-0.3, -0.25) is 0 Å². The van der Waals surface area contributed by atoms with Gasteiger partial charge in [-0.2, -0.15) is 0 Å². The summed E-state index contributed by atoms with van der Waals surface area (Å²) in [4.78, 5) is 0. The maximum Gasteiger partial charge on any atom is -1.00 e. The topological polar surface area (TPSA) is 0 Å². The van der Waals surface area contributed by atoms with E-state index in [4.69, 9.17) is 0 Å². The van der Waals surface area contributed by atoms with Gasteiger partial charge < -0.3 is 37.2 Å². The molecule has 5 heteroatoms. The monoisotopic (exact) mass is 632 g/mol. The van der Waals surface area contributed by atoms with E-state index in [9.17, 15) is 0 Å². The number of allylic oxidation sites excluding steroid dienone is 4. The Balaban J connectivity index is 0. The molecule has 0 spiro atoms. The summed E-state index contributed by atoms with van der Waals surface area (Å²) in [5.74, 6) is 0. The summed E-state index contributed by atoms with van der Waals surface area (Å²) in [7, 11) is -0.383. The fraction of sp³-hybridized carbons (Fsp3) is 0.697. The number of rotatable bonds is 20. The molecule has 1 aromatic carbocycles. The Kier molecular flexibility index (Phi) is 25.8. The molecular formula is C33H55Cl3SiTi. The van der Waals surface area contributed by atoms with Gasteiger partial charge in [0.1, 0.15) is 0 Å². The van der Waals surface area contributed by atoms with Gasteiger partial charge in [-0.1, -0.05) is 58.3 Å². The van der Waals surface area contributed by atoms with Crippen molar-refractivity contribution in [3.8, 4) is 0 Å². The van der Waals surface area contributed by atoms with Crippen molar-refractivity contribution in [3.63, 3.8) is 0 Å². The Labute approximate surface area is 269 Å². The molecule has 0 N–H and O–H groups in total. The normalized spacial score (nSPS) is 17.1. The minimum Gasteiger partial charge on any atom is -1.00 e. The van der Waals surface area contributed by atoms with Crippen LogP contribution in [0.25, 0.3) is 0 Å². The Morgan fingerprint density at radius 2 is 0.974 bits per heavy atom. The summed E-state index contributed by atoms with van der Waals surface area (Å²) in [5.41, 5.74) is 4.86. The summed E-state index contributed by atoms with van der Waals surface area (Å²) in [6, 6.07) is 11.4. The molecule has 0 aliphatic heterocycles. The Bertz CT molecular complexity index is 752. The van der Waals surface area contributed by atoms with Crippen molar-refractivity contribution in [2.75, 3.05) is 0 Å². The zero-order valence-corrected chi connectivity index (χ0v) is 30.2. The second-order valence-corrected chi connectivity index (χ2v) is 14.6. The van der Waals surface area contributed by atoms with E-state index in [-0.39, 0.29) is 46.7 Å². The van der Waals surface area contributed by atoms with Crippen molar-refractivity contribution >= 4 is 14.7 Å². The van der Waals surface area contributed by atoms with Crippen LogP contribution < -0.4 is 42.4 Å². The van der Waals surface area contributed by atoms with E-state index in [0.29, 0.717) is 5.04 Å². The van der Waals surface area contributed by atoms with Gasteiger partial charge >= 0.3 is 176 Å². The third-order valence-corrected chi connectivity index (χ3v) is 13.4. The van der Waals surface area contributed by atoms with Crippen LogP contribution in [0.1, 0.15) is 143 Å². The zero-order valence-electron chi connectivity index (χ0n) is 25.0. The van der Waals surface area contributed by atoms with Crippen molar-refractivity contribution < 1.29 is 57.7 Å². The summed E-state index contributed by atoms with van der Waals surface area (Å²) >= 11 is 2.44. The van der Waals surface area contributed by atoms with Crippen LogP contribution in [0.4, 0.5) is 0 Å². The van der Waals surface area contributed by atoms with E-state index in [1.807, 2.05) is 0 Å². The SMILES string of the molecule is CCCCCCCCCCCCCCCCCCCC1([SiH2]c2ccccc2)C(C)=C(C)C(C)=[C]1[Ti+3].[Cl-].[Cl-].[Cl-]. The van der Waals surface area contributed by atoms with Gasteiger partial charge in [-0.25, -0.2) is 0 Å². The Morgan fingerprint density at radius 3 is 1.34 bits per heavy atom. The summed E-state index contributed by atoms with van der Waals surface area (Å²) in [6.45, 7) is 9.48. The molecule has 2 rings (SSSR count). The standard InChI is InChI=1S/C33H55Si.3ClH.Ti/c1-5-6-7-8-9-10-11-12-13-14-15-16-17-18-19-20-24-27-33(28-29(2)30(3)31(33)4)34-32-25-22-21-23-26-32;;;;/h21-23,25-26H,5-20,24,27,34H2,1-4H3;3*1H;/q;;;;+3/p-3. The summed E-state index contributed by atoms with van der Waals surface area (Å²) < 4.78 is 1.69. The van der Waals surface area contributed by atoms with Gasteiger partial charge in [0.05, 0.1) is 0 Å². The number of hydrogen-bond donors (Lipinski definition) is 0. The predicted octanol–water partition coefficient (Wildman–Crippen LogP) is 0.864. The zero-order chi connectivity index (χ0) is 25.4. The van der Waals surface area contributed by atoms with E-state index in [1.165, 1.54) is 116 Å². The smallest absolute Gasteiger partial charge is 1.00 e. The molecule has 0 radical (unpaired) electrons. The van der Waals surface area contributed by atoms with Crippen LogP contribution in [-0.4, -0.2) is 9.52 Å². The molecule has 1 atom stereocenters. The molecular weight excluding hydrogens is 579 g/mol. The summed E-state index contributed by atoms with van der Waals surface area (Å²) in [5, 5.41) is 2.02. The van der Waals surface area contributed by atoms with Crippen LogP contribution in [0.2, 0.25) is 5.04 Å². The number of halogens is 3. The van der Waals surface area contributed by atoms with Gasteiger partial charge in [-0.05, 0) is 0 Å². The molecule has 0 amide bonds. The average molecular weight is 634 g/mol. The van der Waals surface area contributed by atoms with Crippen LogP contribution in [0.3, 0.4) is 0 Å². The van der Waals surface area contributed by atoms with Crippen molar-refractivity contribution in [3.05, 3.63) is 50.9 Å². The molecule has 1 aliphatic carbocycles. The first kappa shape index (κ1) is 40.6. The Hall–Kier alpha value is 0.501. The van der Waals surface area contributed by atoms with E-state index in [1.54, 1.807) is 25.8 Å². The fourth-order valence-electron chi connectivity index (χ4n) is 6.09. The molecule has 216 valence electrons. The van der Waals surface area contributed by atoms with Crippen molar-refractivity contribution in [2.24, 2.45) is 0 Å². The van der Waals surface area contributed by atoms with Gasteiger partial charge in [0, 0.05) is 0 Å². The van der Waals surface area contributed by atoms with Crippen molar-refractivity contribution in [1.29, 1.82) is 0 Å². The molecule has 38 heavy (non-hydrogen) atoms. The largest absolute Gasteiger partial charge is 1.00 e. The maximum atomic E-state index is 2.44. The summed E-state index contributed by atoms with van der Waals surface area (Å²) in [6.07, 6.45) is 26.0. The van der Waals surface area contributed by atoms with Crippen LogP contribution >= 0.6 is 0 Å². The second kappa shape index (κ2) is 24.1. The molecule has 1 unspecified atom stereocenters. The minimum atomic E-state index is -0.383. The quantitative estimate of drug-likeness (QED) is 0.148. The second-order valence-electron chi connectivity index (χ2n) is 11.4. The molecule has 0 bridgehead atoms. The third-order valence-electron chi connectivity index (χ3n) is 8.75. The van der Waals surface area contributed by atoms with Gasteiger partial charge in [-0.15, -0.1) is 0 Å². The van der Waals surface area contributed by atoms with Crippen LogP contribution in [0.15, 0.2) is 50.9 Å². The van der Waals surface area contributed by atoms with E-state index in [0.717, 1.165) is 0 Å². The van der Waals surface area contributed by atoms with Crippen LogP contribution in [-0.2, 0) is 20.4 Å². The molecule has 0 fully saturated rings. The molecule has 0 heterocycles. The molecule has 1 aromatic rings. The first-order valence-electron chi connectivity index (χ1n) is 15.2. The van der Waals surface area contributed by atoms with Gasteiger partial charge in [0.15, 0.2) is 0 Å². The molecule has 0 aromatic heterocycles. The number of unbranched alkanes of at least 4 members (excludes halogenated alkanes) is 16. The van der Waals surface area contributed by atoms with E-state index in [2.05, 4.69) is 78.5 Å². The molecule has 0 saturated carbocycles. The average Bonchev–Trinajstić information content (AvgIpc) is 3.02. The predicted molar refractivity (Wildman–Crippen MR) is 157 cm³/mol. The fourth-order valence-corrected chi connectivity index (χ4v) is 9.89. The minimum absolute atomic E-state index is 0. The molecule has 1 aliphatic rings. The first-order valence-corrected chi connectivity index (χ1v) is 17.4. The van der Waals surface area contributed by atoms with Crippen LogP contribution in [0.5, 0.6) is 0 Å². The molecule has 0 saturated heterocycles. The number of benzene rings is 1. The Morgan fingerprint density at radius 1 is 0.579 bits per heavy atom. The first-order chi connectivity index (χ1) is 17.0. The van der Waals surface area contributed by atoms with Gasteiger partial charge in [0.2, 0.25) is 0 Å². The van der Waals surface area contributed by atoms with E-state index < -0.39 is 0 Å². The van der Waals surface area contributed by atoms with Crippen molar-refractivity contribution in [1.82, 2.24) is 0 Å². The number of hydrogen-bond acceptors (Lipinski definition) is 0. The molecule has 0 nitrogen and oxygen atoms in total. The van der Waals surface area contributed by atoms with Crippen molar-refractivity contribution in [2.45, 2.75) is 148 Å².